The minimum atomic E-state index is -0.383. The summed E-state index contributed by atoms with van der Waals surface area (Å²) in [5, 5.41) is 10.9. The van der Waals surface area contributed by atoms with Gasteiger partial charge in [0.25, 0.3) is 5.91 Å². The van der Waals surface area contributed by atoms with Crippen molar-refractivity contribution in [2.45, 2.75) is 46.6 Å². The van der Waals surface area contributed by atoms with Crippen molar-refractivity contribution in [1.29, 1.82) is 0 Å². The third kappa shape index (κ3) is 2.76. The predicted molar refractivity (Wildman–Crippen MR) is 90.7 cm³/mol. The largest absolute Gasteiger partial charge is 0.450 e. The molecular weight excluding hydrogens is 290 g/mol. The van der Waals surface area contributed by atoms with Gasteiger partial charge in [-0.3, -0.25) is 4.79 Å². The van der Waals surface area contributed by atoms with E-state index in [1.165, 1.54) is 0 Å². The summed E-state index contributed by atoms with van der Waals surface area (Å²) in [7, 11) is 0. The zero-order valence-electron chi connectivity index (χ0n) is 14.3. The Balaban J connectivity index is 1.97. The third-order valence-corrected chi connectivity index (χ3v) is 5.10. The molecular formula is C19H25NO3. The molecule has 3 rings (SSSR count). The summed E-state index contributed by atoms with van der Waals surface area (Å²) in [5.74, 6) is 0.548. The van der Waals surface area contributed by atoms with E-state index in [-0.39, 0.29) is 17.9 Å². The number of aryl methyl sites for hydroxylation is 3. The molecule has 0 spiro atoms. The van der Waals surface area contributed by atoms with E-state index < -0.39 is 0 Å². The molecule has 1 N–H and O–H groups in total. The minimum Gasteiger partial charge on any atom is -0.450 e. The summed E-state index contributed by atoms with van der Waals surface area (Å²) >= 11 is 0. The van der Waals surface area contributed by atoms with E-state index in [9.17, 15) is 9.90 Å². The van der Waals surface area contributed by atoms with Gasteiger partial charge in [0.2, 0.25) is 0 Å². The van der Waals surface area contributed by atoms with Crippen LogP contribution in [0.2, 0.25) is 0 Å². The summed E-state index contributed by atoms with van der Waals surface area (Å²) in [4.78, 5) is 14.8. The number of benzene rings is 1. The molecule has 2 aromatic rings. The van der Waals surface area contributed by atoms with Gasteiger partial charge in [0, 0.05) is 30.0 Å². The first-order valence-electron chi connectivity index (χ1n) is 8.36. The topological polar surface area (TPSA) is 53.7 Å². The van der Waals surface area contributed by atoms with Gasteiger partial charge in [-0.05, 0) is 51.7 Å². The van der Waals surface area contributed by atoms with Gasteiger partial charge in [-0.1, -0.05) is 12.1 Å². The summed E-state index contributed by atoms with van der Waals surface area (Å²) in [6.07, 6.45) is 1.52. The zero-order valence-corrected chi connectivity index (χ0v) is 14.3. The van der Waals surface area contributed by atoms with Crippen molar-refractivity contribution in [2.75, 3.05) is 13.1 Å². The molecule has 23 heavy (non-hydrogen) atoms. The Morgan fingerprint density at radius 1 is 1.30 bits per heavy atom. The van der Waals surface area contributed by atoms with E-state index in [0.717, 1.165) is 47.0 Å². The first-order chi connectivity index (χ1) is 10.9. The van der Waals surface area contributed by atoms with Gasteiger partial charge < -0.3 is 14.4 Å². The van der Waals surface area contributed by atoms with Crippen LogP contribution in [-0.4, -0.2) is 35.1 Å². The first-order valence-corrected chi connectivity index (χ1v) is 8.36. The highest BCUT2D eigenvalue weighted by Gasteiger charge is 2.30. The lowest BCUT2D eigenvalue weighted by molar-refractivity contribution is 0.0444. The van der Waals surface area contributed by atoms with Crippen LogP contribution in [0.15, 0.2) is 16.5 Å². The number of aliphatic hydroxyl groups is 1. The Bertz CT molecular complexity index is 745. The molecule has 2 unspecified atom stereocenters. The van der Waals surface area contributed by atoms with Crippen LogP contribution < -0.4 is 0 Å². The highest BCUT2D eigenvalue weighted by atomic mass is 16.3. The highest BCUT2D eigenvalue weighted by Crippen LogP contribution is 2.32. The number of amides is 1. The minimum absolute atomic E-state index is 0.0529. The molecule has 0 saturated carbocycles. The number of nitrogens with zero attached hydrogens (tertiary/aromatic N) is 1. The molecule has 1 saturated heterocycles. The summed E-state index contributed by atoms with van der Waals surface area (Å²) in [6, 6.07) is 4.10. The van der Waals surface area contributed by atoms with Crippen LogP contribution in [0.1, 0.15) is 47.0 Å². The number of fused-ring (bicyclic) bond motifs is 1. The molecule has 2 atom stereocenters. The first kappa shape index (κ1) is 16.1. The maximum atomic E-state index is 12.9. The van der Waals surface area contributed by atoms with E-state index in [2.05, 4.69) is 6.07 Å². The second-order valence-electron chi connectivity index (χ2n) is 6.85. The molecule has 0 radical (unpaired) electrons. The standard InChI is InChI=1S/C19H25NO3/c1-11-7-8-12(2)17-16(11)13(3)18(23-17)19(22)20-9-5-6-15(10-20)14(4)21/h7-8,14-15,21H,5-6,9-10H2,1-4H3. The van der Waals surface area contributed by atoms with Crippen molar-refractivity contribution in [3.63, 3.8) is 0 Å². The normalized spacial score (nSPS) is 20.0. The third-order valence-electron chi connectivity index (χ3n) is 5.10. The van der Waals surface area contributed by atoms with Gasteiger partial charge in [-0.25, -0.2) is 0 Å². The number of rotatable bonds is 2. The zero-order chi connectivity index (χ0) is 16.7. The summed E-state index contributed by atoms with van der Waals surface area (Å²) in [5.41, 5.74) is 3.92. The van der Waals surface area contributed by atoms with Crippen LogP contribution in [0.5, 0.6) is 0 Å². The average Bonchev–Trinajstić information content (AvgIpc) is 2.89. The number of aliphatic hydroxyl groups excluding tert-OH is 1. The molecule has 1 aromatic carbocycles. The molecule has 4 nitrogen and oxygen atoms in total. The lowest BCUT2D eigenvalue weighted by atomic mass is 9.93. The lowest BCUT2D eigenvalue weighted by Gasteiger charge is -2.33. The molecule has 0 aliphatic carbocycles. The summed E-state index contributed by atoms with van der Waals surface area (Å²) in [6.45, 7) is 9.15. The van der Waals surface area contributed by atoms with Crippen LogP contribution in [0, 0.1) is 26.7 Å². The average molecular weight is 315 g/mol. The van der Waals surface area contributed by atoms with Crippen LogP contribution >= 0.6 is 0 Å². The van der Waals surface area contributed by atoms with Crippen LogP contribution in [0.3, 0.4) is 0 Å². The van der Waals surface area contributed by atoms with Gasteiger partial charge in [-0.15, -0.1) is 0 Å². The highest BCUT2D eigenvalue weighted by molar-refractivity contribution is 6.00. The maximum Gasteiger partial charge on any atom is 0.289 e. The van der Waals surface area contributed by atoms with Crippen molar-refractivity contribution in [3.8, 4) is 0 Å². The van der Waals surface area contributed by atoms with E-state index >= 15 is 0 Å². The number of carbonyl (C=O) groups excluding carboxylic acids is 1. The number of hydrogen-bond acceptors (Lipinski definition) is 3. The SMILES string of the molecule is Cc1ccc(C)c2c(C)c(C(=O)N3CCCC(C(C)O)C3)oc12. The number of carbonyl (C=O) groups is 1. The fourth-order valence-corrected chi connectivity index (χ4v) is 3.61. The van der Waals surface area contributed by atoms with Crippen LogP contribution in [0.4, 0.5) is 0 Å². The quantitative estimate of drug-likeness (QED) is 0.921. The predicted octanol–water partition coefficient (Wildman–Crippen LogP) is 3.59. The molecule has 4 heteroatoms. The second kappa shape index (κ2) is 6.00. The number of hydrogen-bond donors (Lipinski definition) is 1. The Morgan fingerprint density at radius 3 is 2.65 bits per heavy atom. The van der Waals surface area contributed by atoms with Crippen molar-refractivity contribution in [2.24, 2.45) is 5.92 Å². The molecule has 1 fully saturated rings. The number of piperidine rings is 1. The van der Waals surface area contributed by atoms with E-state index in [1.807, 2.05) is 31.7 Å². The Morgan fingerprint density at radius 2 is 2.00 bits per heavy atom. The smallest absolute Gasteiger partial charge is 0.289 e. The number of furan rings is 1. The second-order valence-corrected chi connectivity index (χ2v) is 6.85. The van der Waals surface area contributed by atoms with E-state index in [0.29, 0.717) is 12.3 Å². The fourth-order valence-electron chi connectivity index (χ4n) is 3.61. The monoisotopic (exact) mass is 315 g/mol. The van der Waals surface area contributed by atoms with Gasteiger partial charge in [0.15, 0.2) is 5.76 Å². The van der Waals surface area contributed by atoms with Gasteiger partial charge >= 0.3 is 0 Å². The lowest BCUT2D eigenvalue weighted by Crippen LogP contribution is -2.43. The van der Waals surface area contributed by atoms with Gasteiger partial charge in [0.05, 0.1) is 6.10 Å². The van der Waals surface area contributed by atoms with Gasteiger partial charge in [0.1, 0.15) is 5.58 Å². The van der Waals surface area contributed by atoms with Crippen LogP contribution in [0.25, 0.3) is 11.0 Å². The molecule has 1 aliphatic heterocycles. The van der Waals surface area contributed by atoms with Gasteiger partial charge in [-0.2, -0.15) is 0 Å². The van der Waals surface area contributed by atoms with Crippen molar-refractivity contribution < 1.29 is 14.3 Å². The van der Waals surface area contributed by atoms with Crippen molar-refractivity contribution in [3.05, 3.63) is 34.6 Å². The summed E-state index contributed by atoms with van der Waals surface area (Å²) < 4.78 is 5.97. The van der Waals surface area contributed by atoms with Crippen molar-refractivity contribution in [1.82, 2.24) is 4.90 Å². The fraction of sp³-hybridized carbons (Fsp3) is 0.526. The van der Waals surface area contributed by atoms with E-state index in [4.69, 9.17) is 4.42 Å². The molecule has 124 valence electrons. The van der Waals surface area contributed by atoms with E-state index in [1.54, 1.807) is 6.92 Å². The molecule has 2 heterocycles. The Kier molecular flexibility index (Phi) is 4.19. The molecule has 1 aromatic heterocycles. The number of likely N-dealkylation sites (tertiary alicyclic amines) is 1. The van der Waals surface area contributed by atoms with Crippen LogP contribution in [-0.2, 0) is 0 Å². The Hall–Kier alpha value is -1.81. The molecule has 0 bridgehead atoms. The molecule has 1 aliphatic rings. The maximum absolute atomic E-state index is 12.9. The Labute approximate surface area is 137 Å². The van der Waals surface area contributed by atoms with Crippen molar-refractivity contribution >= 4 is 16.9 Å². The molecule has 1 amide bonds.